The van der Waals surface area contributed by atoms with Crippen molar-refractivity contribution < 1.29 is 22.3 Å². The Bertz CT molecular complexity index is 1490. The molecule has 0 radical (unpaired) electrons. The van der Waals surface area contributed by atoms with Gasteiger partial charge in [-0.05, 0) is 12.1 Å². The normalized spacial score (nSPS) is 20.1. The van der Waals surface area contributed by atoms with E-state index in [1.165, 1.54) is 23.0 Å². The first-order valence-electron chi connectivity index (χ1n) is 11.7. The van der Waals surface area contributed by atoms with Crippen molar-refractivity contribution in [2.75, 3.05) is 56.3 Å². The lowest BCUT2D eigenvalue weighted by Crippen LogP contribution is -2.59. The smallest absolute Gasteiger partial charge is 0.274 e. The van der Waals surface area contributed by atoms with Crippen molar-refractivity contribution >= 4 is 33.1 Å². The Morgan fingerprint density at radius 1 is 1.22 bits per heavy atom. The highest BCUT2D eigenvalue weighted by atomic mass is 32.2. The minimum Gasteiger partial charge on any atom is -0.493 e. The summed E-state index contributed by atoms with van der Waals surface area (Å²) in [7, 11) is -1.67. The number of benzene rings is 1. The number of nitrogens with one attached hydrogen (secondary N) is 1. The Hall–Kier alpha value is -3.45. The zero-order chi connectivity index (χ0) is 25.2. The summed E-state index contributed by atoms with van der Waals surface area (Å²) in [5.41, 5.74) is 2.97. The number of ether oxygens (including phenoxy) is 1. The van der Waals surface area contributed by atoms with Gasteiger partial charge in [0.15, 0.2) is 5.69 Å². The average Bonchev–Trinajstić information content (AvgIpc) is 3.49. The van der Waals surface area contributed by atoms with Crippen LogP contribution in [0.2, 0.25) is 0 Å². The van der Waals surface area contributed by atoms with E-state index >= 15 is 0 Å². The SMILES string of the molecule is CN1C[C@H]2CN(S(C)(=O)=O)CCN2c2cnc(NCc3c(F)ccc4c3CCO4)n3cnc(c23)C1=O. The van der Waals surface area contributed by atoms with E-state index in [0.29, 0.717) is 66.8 Å². The van der Waals surface area contributed by atoms with Crippen LogP contribution in [-0.4, -0.2) is 90.0 Å². The molecule has 0 spiro atoms. The summed E-state index contributed by atoms with van der Waals surface area (Å²) in [4.78, 5) is 25.9. The number of anilines is 2. The van der Waals surface area contributed by atoms with Crippen LogP contribution in [0.3, 0.4) is 0 Å². The van der Waals surface area contributed by atoms with Crippen molar-refractivity contribution in [3.05, 3.63) is 47.3 Å². The van der Waals surface area contributed by atoms with E-state index in [0.717, 1.165) is 5.56 Å². The zero-order valence-electron chi connectivity index (χ0n) is 19.9. The maximum atomic E-state index is 14.6. The van der Waals surface area contributed by atoms with Crippen LogP contribution >= 0.6 is 0 Å². The third-order valence-corrected chi connectivity index (χ3v) is 8.44. The second-order valence-electron chi connectivity index (χ2n) is 9.39. The number of hydrogen-bond donors (Lipinski definition) is 1. The Morgan fingerprint density at radius 3 is 2.86 bits per heavy atom. The van der Waals surface area contributed by atoms with Gasteiger partial charge in [0.25, 0.3) is 5.91 Å². The van der Waals surface area contributed by atoms with Crippen LogP contribution in [0.1, 0.15) is 21.6 Å². The predicted octanol–water partition coefficient (Wildman–Crippen LogP) is 0.951. The lowest BCUT2D eigenvalue weighted by atomic mass is 10.0. The molecule has 1 N–H and O–H groups in total. The van der Waals surface area contributed by atoms with E-state index in [-0.39, 0.29) is 30.9 Å². The third-order valence-electron chi connectivity index (χ3n) is 7.17. The average molecular weight is 516 g/mol. The Labute approximate surface area is 207 Å². The van der Waals surface area contributed by atoms with Crippen LogP contribution in [-0.2, 0) is 23.0 Å². The molecule has 36 heavy (non-hydrogen) atoms. The first kappa shape index (κ1) is 23.0. The van der Waals surface area contributed by atoms with Crippen molar-refractivity contribution in [2.45, 2.75) is 19.0 Å². The van der Waals surface area contributed by atoms with Crippen LogP contribution in [0, 0.1) is 5.82 Å². The third kappa shape index (κ3) is 3.64. The molecule has 1 aromatic carbocycles. The molecule has 11 nitrogen and oxygen atoms in total. The van der Waals surface area contributed by atoms with E-state index < -0.39 is 10.0 Å². The molecule has 1 fully saturated rings. The first-order valence-corrected chi connectivity index (χ1v) is 13.6. The molecule has 13 heteroatoms. The molecule has 1 amide bonds. The number of carbonyl (C=O) groups excluding carboxylic acids is 1. The molecule has 190 valence electrons. The highest BCUT2D eigenvalue weighted by molar-refractivity contribution is 7.88. The zero-order valence-corrected chi connectivity index (χ0v) is 20.8. The van der Waals surface area contributed by atoms with Crippen LogP contribution in [0.4, 0.5) is 16.0 Å². The van der Waals surface area contributed by atoms with Crippen molar-refractivity contribution in [3.63, 3.8) is 0 Å². The van der Waals surface area contributed by atoms with Gasteiger partial charge in [-0.15, -0.1) is 0 Å². The van der Waals surface area contributed by atoms with Crippen molar-refractivity contribution in [3.8, 4) is 5.75 Å². The molecule has 6 rings (SSSR count). The van der Waals surface area contributed by atoms with Gasteiger partial charge in [0.2, 0.25) is 16.0 Å². The van der Waals surface area contributed by atoms with E-state index in [4.69, 9.17) is 4.74 Å². The lowest BCUT2D eigenvalue weighted by Gasteiger charge is -2.44. The van der Waals surface area contributed by atoms with E-state index in [9.17, 15) is 17.6 Å². The maximum absolute atomic E-state index is 14.6. The monoisotopic (exact) mass is 515 g/mol. The summed E-state index contributed by atoms with van der Waals surface area (Å²) < 4.78 is 47.8. The van der Waals surface area contributed by atoms with Crippen molar-refractivity contribution in [1.29, 1.82) is 0 Å². The van der Waals surface area contributed by atoms with Gasteiger partial charge in [-0.2, -0.15) is 4.31 Å². The molecule has 2 aromatic heterocycles. The lowest BCUT2D eigenvalue weighted by molar-refractivity contribution is 0.0773. The standard InChI is InChI=1S/C23H26FN7O4S/c1-28-11-14-12-29(36(2,33)34)6-7-30(14)18-10-26-23(31-13-27-20(21(18)31)22(28)32)25-9-16-15-5-8-35-19(15)4-3-17(16)24/h3-4,10,13-14H,5-9,11-12H2,1-2H3,(H,25,26)/t14-/m0/s1. The second-order valence-corrected chi connectivity index (χ2v) is 11.4. The van der Waals surface area contributed by atoms with Gasteiger partial charge in [-0.1, -0.05) is 0 Å². The van der Waals surface area contributed by atoms with Gasteiger partial charge in [-0.25, -0.2) is 22.8 Å². The van der Waals surface area contributed by atoms with Crippen molar-refractivity contribution in [2.24, 2.45) is 0 Å². The molecule has 0 saturated carbocycles. The largest absolute Gasteiger partial charge is 0.493 e. The number of amides is 1. The topological polar surface area (TPSA) is 112 Å². The second kappa shape index (κ2) is 8.30. The van der Waals surface area contributed by atoms with Crippen LogP contribution in [0.25, 0.3) is 5.52 Å². The Kier molecular flexibility index (Phi) is 5.30. The number of piperazine rings is 1. The number of nitrogens with zero attached hydrogens (tertiary/aromatic N) is 6. The summed E-state index contributed by atoms with van der Waals surface area (Å²) in [6.07, 6.45) is 5.06. The molecule has 3 aliphatic rings. The van der Waals surface area contributed by atoms with E-state index in [1.54, 1.807) is 28.6 Å². The fraction of sp³-hybridized carbons (Fsp3) is 0.435. The fourth-order valence-corrected chi connectivity index (χ4v) is 6.21. The fourth-order valence-electron chi connectivity index (χ4n) is 5.35. The van der Waals surface area contributed by atoms with Crippen LogP contribution < -0.4 is 15.0 Å². The van der Waals surface area contributed by atoms with Gasteiger partial charge in [0.1, 0.15) is 23.4 Å². The number of hydrogen-bond acceptors (Lipinski definition) is 8. The molecular weight excluding hydrogens is 489 g/mol. The van der Waals surface area contributed by atoms with Gasteiger partial charge in [0, 0.05) is 57.3 Å². The number of rotatable bonds is 4. The molecule has 3 aromatic rings. The molecule has 0 bridgehead atoms. The summed E-state index contributed by atoms with van der Waals surface area (Å²) in [5.74, 6) is 0.548. The maximum Gasteiger partial charge on any atom is 0.274 e. The Balaban J connectivity index is 1.39. The van der Waals surface area contributed by atoms with Gasteiger partial charge >= 0.3 is 0 Å². The summed E-state index contributed by atoms with van der Waals surface area (Å²) in [6, 6.07) is 2.81. The predicted molar refractivity (Wildman–Crippen MR) is 130 cm³/mol. The highest BCUT2D eigenvalue weighted by Gasteiger charge is 2.37. The number of imidazole rings is 1. The number of carbonyl (C=O) groups is 1. The number of aromatic nitrogens is 3. The molecule has 0 unspecified atom stereocenters. The quantitative estimate of drug-likeness (QED) is 0.547. The van der Waals surface area contributed by atoms with E-state index in [2.05, 4.69) is 20.2 Å². The summed E-state index contributed by atoms with van der Waals surface area (Å²) in [5, 5.41) is 3.21. The number of fused-ring (bicyclic) bond motifs is 3. The minimum absolute atomic E-state index is 0.191. The highest BCUT2D eigenvalue weighted by Crippen LogP contribution is 2.34. The van der Waals surface area contributed by atoms with Crippen LogP contribution in [0.5, 0.6) is 5.75 Å². The number of likely N-dealkylation sites (N-methyl/N-ethyl adjacent to an activating group) is 1. The van der Waals surface area contributed by atoms with Crippen molar-refractivity contribution in [1.82, 2.24) is 23.6 Å². The molecule has 0 aliphatic carbocycles. The van der Waals surface area contributed by atoms with Gasteiger partial charge in [-0.3, -0.25) is 9.20 Å². The molecule has 5 heterocycles. The first-order chi connectivity index (χ1) is 17.2. The summed E-state index contributed by atoms with van der Waals surface area (Å²) >= 11 is 0. The molecular formula is C23H26FN7O4S. The molecule has 3 aliphatic heterocycles. The van der Waals surface area contributed by atoms with Gasteiger partial charge < -0.3 is 19.9 Å². The van der Waals surface area contributed by atoms with Crippen LogP contribution in [0.15, 0.2) is 24.7 Å². The molecule has 1 saturated heterocycles. The molecule has 1 atom stereocenters. The summed E-state index contributed by atoms with van der Waals surface area (Å²) in [6.45, 7) is 2.13. The van der Waals surface area contributed by atoms with E-state index in [1.807, 2.05) is 0 Å². The minimum atomic E-state index is -3.36. The Morgan fingerprint density at radius 2 is 2.06 bits per heavy atom. The van der Waals surface area contributed by atoms with Gasteiger partial charge in [0.05, 0.1) is 30.8 Å². The number of sulfonamides is 1. The number of halogens is 1.